The van der Waals surface area contributed by atoms with Crippen LogP contribution in [0.4, 0.5) is 0 Å². The number of aromatic nitrogens is 2. The number of halogens is 3. The normalized spacial score (nSPS) is 12.8. The van der Waals surface area contributed by atoms with Gasteiger partial charge in [-0.2, -0.15) is 0 Å². The van der Waals surface area contributed by atoms with Crippen LogP contribution in [0.5, 0.6) is 0 Å². The van der Waals surface area contributed by atoms with Crippen molar-refractivity contribution in [3.8, 4) is 5.69 Å². The van der Waals surface area contributed by atoms with Gasteiger partial charge in [0.2, 0.25) is 0 Å². The summed E-state index contributed by atoms with van der Waals surface area (Å²) in [5, 5.41) is 0.421. The van der Waals surface area contributed by atoms with Crippen LogP contribution in [0.2, 0.25) is 5.02 Å². The SMILES string of the molecule is Cc1cc(Br)cc(-n2c(C(C)Cl)nc3c(Cl)cccc32)c1. The minimum Gasteiger partial charge on any atom is -0.295 e. The van der Waals surface area contributed by atoms with Crippen molar-refractivity contribution in [2.75, 3.05) is 0 Å². The summed E-state index contributed by atoms with van der Waals surface area (Å²) in [6.45, 7) is 3.97. The zero-order valence-corrected chi connectivity index (χ0v) is 14.7. The molecule has 1 heterocycles. The first-order chi connectivity index (χ1) is 9.97. The fourth-order valence-corrected chi connectivity index (χ4v) is 3.42. The average molecular weight is 384 g/mol. The molecule has 0 saturated carbocycles. The van der Waals surface area contributed by atoms with Crippen LogP contribution in [0.3, 0.4) is 0 Å². The van der Waals surface area contributed by atoms with Crippen molar-refractivity contribution >= 4 is 50.2 Å². The number of fused-ring (bicyclic) bond motifs is 1. The van der Waals surface area contributed by atoms with E-state index in [9.17, 15) is 0 Å². The topological polar surface area (TPSA) is 17.8 Å². The van der Waals surface area contributed by atoms with E-state index in [2.05, 4.69) is 50.6 Å². The van der Waals surface area contributed by atoms with Gasteiger partial charge in [-0.3, -0.25) is 4.57 Å². The Bertz CT molecular complexity index is 804. The molecule has 1 aromatic heterocycles. The van der Waals surface area contributed by atoms with E-state index in [0.29, 0.717) is 5.02 Å². The molecule has 3 rings (SSSR count). The van der Waals surface area contributed by atoms with Gasteiger partial charge in [-0.15, -0.1) is 11.6 Å². The Morgan fingerprint density at radius 2 is 2.00 bits per heavy atom. The van der Waals surface area contributed by atoms with Gasteiger partial charge in [0.1, 0.15) is 11.3 Å². The van der Waals surface area contributed by atoms with E-state index in [-0.39, 0.29) is 5.38 Å². The average Bonchev–Trinajstić information content (AvgIpc) is 2.78. The number of benzene rings is 2. The van der Waals surface area contributed by atoms with E-state index < -0.39 is 0 Å². The van der Waals surface area contributed by atoms with Gasteiger partial charge in [0.25, 0.3) is 0 Å². The Hall–Kier alpha value is -1.03. The zero-order chi connectivity index (χ0) is 15.1. The van der Waals surface area contributed by atoms with Crippen LogP contribution in [0.1, 0.15) is 23.7 Å². The third kappa shape index (κ3) is 2.70. The number of nitrogens with zero attached hydrogens (tertiary/aromatic N) is 2. The molecule has 1 unspecified atom stereocenters. The maximum atomic E-state index is 6.32. The lowest BCUT2D eigenvalue weighted by atomic mass is 10.2. The zero-order valence-electron chi connectivity index (χ0n) is 11.6. The molecular weight excluding hydrogens is 371 g/mol. The highest BCUT2D eigenvalue weighted by atomic mass is 79.9. The van der Waals surface area contributed by atoms with Gasteiger partial charge in [-0.05, 0) is 49.7 Å². The van der Waals surface area contributed by atoms with Crippen molar-refractivity contribution in [2.45, 2.75) is 19.2 Å². The van der Waals surface area contributed by atoms with Crippen LogP contribution in [0, 0.1) is 6.92 Å². The second kappa shape index (κ2) is 5.64. The summed E-state index contributed by atoms with van der Waals surface area (Å²) in [5.74, 6) is 0.789. The Morgan fingerprint density at radius 1 is 1.24 bits per heavy atom. The highest BCUT2D eigenvalue weighted by Crippen LogP contribution is 2.32. The van der Waals surface area contributed by atoms with Crippen molar-refractivity contribution in [2.24, 2.45) is 0 Å². The lowest BCUT2D eigenvalue weighted by molar-refractivity contribution is 0.881. The summed E-state index contributed by atoms with van der Waals surface area (Å²) in [6, 6.07) is 12.0. The number of hydrogen-bond acceptors (Lipinski definition) is 1. The van der Waals surface area contributed by atoms with Crippen molar-refractivity contribution in [3.63, 3.8) is 0 Å². The van der Waals surface area contributed by atoms with Crippen molar-refractivity contribution in [1.29, 1.82) is 0 Å². The summed E-state index contributed by atoms with van der Waals surface area (Å²) < 4.78 is 3.09. The number of hydrogen-bond donors (Lipinski definition) is 0. The first-order valence-corrected chi connectivity index (χ1v) is 8.16. The summed E-state index contributed by atoms with van der Waals surface area (Å²) in [4.78, 5) is 4.63. The Labute approximate surface area is 141 Å². The molecule has 0 aliphatic heterocycles. The van der Waals surface area contributed by atoms with Gasteiger partial charge in [-0.1, -0.05) is 33.6 Å². The van der Waals surface area contributed by atoms with Gasteiger partial charge >= 0.3 is 0 Å². The van der Waals surface area contributed by atoms with Crippen molar-refractivity contribution in [1.82, 2.24) is 9.55 Å². The predicted octanol–water partition coefficient (Wildman–Crippen LogP) is 6.05. The molecule has 2 nitrogen and oxygen atoms in total. The smallest absolute Gasteiger partial charge is 0.132 e. The Balaban J connectivity index is 2.39. The van der Waals surface area contributed by atoms with E-state index in [1.807, 2.05) is 25.1 Å². The molecule has 0 N–H and O–H groups in total. The van der Waals surface area contributed by atoms with Crippen LogP contribution in [0.15, 0.2) is 40.9 Å². The van der Waals surface area contributed by atoms with E-state index >= 15 is 0 Å². The van der Waals surface area contributed by atoms with Crippen LogP contribution in [-0.4, -0.2) is 9.55 Å². The highest BCUT2D eigenvalue weighted by molar-refractivity contribution is 9.10. The van der Waals surface area contributed by atoms with E-state index in [1.54, 1.807) is 0 Å². The van der Waals surface area contributed by atoms with E-state index in [1.165, 1.54) is 0 Å². The molecular formula is C16H13BrCl2N2. The molecule has 0 radical (unpaired) electrons. The van der Waals surface area contributed by atoms with Crippen molar-refractivity contribution in [3.05, 3.63) is 57.3 Å². The molecule has 1 atom stereocenters. The molecule has 0 amide bonds. The first-order valence-electron chi connectivity index (χ1n) is 6.56. The van der Waals surface area contributed by atoms with Crippen LogP contribution in [-0.2, 0) is 0 Å². The number of rotatable bonds is 2. The van der Waals surface area contributed by atoms with Crippen LogP contribution >= 0.6 is 39.1 Å². The molecule has 0 saturated heterocycles. The minimum absolute atomic E-state index is 0.215. The molecule has 108 valence electrons. The lowest BCUT2D eigenvalue weighted by Crippen LogP contribution is -2.02. The van der Waals surface area contributed by atoms with Crippen LogP contribution < -0.4 is 0 Å². The highest BCUT2D eigenvalue weighted by Gasteiger charge is 2.18. The third-order valence-electron chi connectivity index (χ3n) is 3.30. The summed E-state index contributed by atoms with van der Waals surface area (Å²) in [5.41, 5.74) is 3.92. The molecule has 5 heteroatoms. The van der Waals surface area contributed by atoms with Gasteiger partial charge in [-0.25, -0.2) is 4.98 Å². The monoisotopic (exact) mass is 382 g/mol. The molecule has 3 aromatic rings. The van der Waals surface area contributed by atoms with Crippen LogP contribution in [0.25, 0.3) is 16.7 Å². The maximum Gasteiger partial charge on any atom is 0.132 e. The van der Waals surface area contributed by atoms with Gasteiger partial charge in [0.05, 0.1) is 15.9 Å². The Morgan fingerprint density at radius 3 is 2.67 bits per heavy atom. The number of alkyl halides is 1. The molecule has 0 aliphatic carbocycles. The number of aryl methyl sites for hydroxylation is 1. The molecule has 0 spiro atoms. The minimum atomic E-state index is -0.215. The molecule has 0 fully saturated rings. The summed E-state index contributed by atoms with van der Waals surface area (Å²) in [7, 11) is 0. The molecule has 2 aromatic carbocycles. The quantitative estimate of drug-likeness (QED) is 0.492. The summed E-state index contributed by atoms with van der Waals surface area (Å²) in [6.07, 6.45) is 0. The second-order valence-electron chi connectivity index (χ2n) is 5.02. The fourth-order valence-electron chi connectivity index (χ4n) is 2.47. The molecule has 21 heavy (non-hydrogen) atoms. The first kappa shape index (κ1) is 14.9. The van der Waals surface area contributed by atoms with Gasteiger partial charge in [0.15, 0.2) is 0 Å². The fraction of sp³-hybridized carbons (Fsp3) is 0.188. The largest absolute Gasteiger partial charge is 0.295 e. The lowest BCUT2D eigenvalue weighted by Gasteiger charge is -2.12. The number of imidazole rings is 1. The van der Waals surface area contributed by atoms with Gasteiger partial charge in [0, 0.05) is 10.2 Å². The van der Waals surface area contributed by atoms with Crippen molar-refractivity contribution < 1.29 is 0 Å². The molecule has 0 bridgehead atoms. The maximum absolute atomic E-state index is 6.32. The van der Waals surface area contributed by atoms with Gasteiger partial charge < -0.3 is 0 Å². The third-order valence-corrected chi connectivity index (χ3v) is 4.26. The standard InChI is InChI=1S/C16H13BrCl2N2/c1-9-6-11(17)8-12(7-9)21-14-5-3-4-13(19)15(14)20-16(21)10(2)18/h3-8,10H,1-2H3. The molecule has 0 aliphatic rings. The Kier molecular flexibility index (Phi) is 4.00. The van der Waals surface area contributed by atoms with E-state index in [0.717, 1.165) is 32.6 Å². The van der Waals surface area contributed by atoms with E-state index in [4.69, 9.17) is 23.2 Å². The number of para-hydroxylation sites is 1. The second-order valence-corrected chi connectivity index (χ2v) is 6.99. The summed E-state index contributed by atoms with van der Waals surface area (Å²) >= 11 is 16.1. The predicted molar refractivity (Wildman–Crippen MR) is 92.8 cm³/mol.